The van der Waals surface area contributed by atoms with Crippen molar-refractivity contribution in [2.45, 2.75) is 78.0 Å². The summed E-state index contributed by atoms with van der Waals surface area (Å²) >= 11 is 0. The van der Waals surface area contributed by atoms with E-state index in [4.69, 9.17) is 0 Å². The van der Waals surface area contributed by atoms with Crippen LogP contribution in [0.5, 0.6) is 0 Å². The van der Waals surface area contributed by atoms with E-state index in [2.05, 4.69) is 69.2 Å². The number of likely N-dealkylation sites (tertiary alicyclic amines) is 1. The molecule has 1 aliphatic rings. The van der Waals surface area contributed by atoms with Gasteiger partial charge in [0.05, 0.1) is 6.04 Å². The van der Waals surface area contributed by atoms with Gasteiger partial charge in [0.2, 0.25) is 0 Å². The van der Waals surface area contributed by atoms with E-state index in [9.17, 15) is 9.59 Å². The van der Waals surface area contributed by atoms with E-state index in [0.717, 1.165) is 43.5 Å². The number of aromatic nitrogens is 1. The van der Waals surface area contributed by atoms with Crippen molar-refractivity contribution in [2.75, 3.05) is 19.6 Å². The molecule has 0 spiro atoms. The Labute approximate surface area is 245 Å². The number of aryl methyl sites for hydroxylation is 2. The van der Waals surface area contributed by atoms with Gasteiger partial charge < -0.3 is 20.9 Å². The number of nitrogens with one attached hydrogen (secondary N) is 3. The summed E-state index contributed by atoms with van der Waals surface area (Å²) in [6.07, 6.45) is 6.82. The van der Waals surface area contributed by atoms with Gasteiger partial charge in [-0.1, -0.05) is 36.4 Å². The van der Waals surface area contributed by atoms with Gasteiger partial charge in [0.25, 0.3) is 11.8 Å². The molecular weight excluding hydrogens is 510 g/mol. The highest BCUT2D eigenvalue weighted by atomic mass is 16.2. The molecule has 1 aromatic heterocycles. The molecule has 1 aliphatic heterocycles. The SMILES string of the molecule is Cc1cc(C(=O)NC(C)C)cc(C)c1C(=O)NCC[C@@H](C)N1CCC(NC(c2ccccc2)c2cccnc2)CC1. The van der Waals surface area contributed by atoms with Crippen molar-refractivity contribution in [1.82, 2.24) is 25.8 Å². The second kappa shape index (κ2) is 14.4. The molecule has 3 N–H and O–H groups in total. The van der Waals surface area contributed by atoms with Gasteiger partial charge in [-0.15, -0.1) is 0 Å². The summed E-state index contributed by atoms with van der Waals surface area (Å²) < 4.78 is 0. The number of carbonyl (C=O) groups is 2. The van der Waals surface area contributed by atoms with Crippen molar-refractivity contribution >= 4 is 11.8 Å². The Balaban J connectivity index is 1.26. The monoisotopic (exact) mass is 555 g/mol. The Hall–Kier alpha value is -3.55. The van der Waals surface area contributed by atoms with Crippen LogP contribution in [-0.2, 0) is 0 Å². The average Bonchev–Trinajstić information content (AvgIpc) is 2.96. The molecule has 4 rings (SSSR count). The van der Waals surface area contributed by atoms with Crippen LogP contribution in [-0.4, -0.2) is 59.5 Å². The molecule has 0 bridgehead atoms. The highest BCUT2D eigenvalue weighted by molar-refractivity contribution is 6.00. The Morgan fingerprint density at radius 1 is 0.927 bits per heavy atom. The zero-order valence-electron chi connectivity index (χ0n) is 25.1. The molecular formula is C34H45N5O2. The molecule has 2 heterocycles. The smallest absolute Gasteiger partial charge is 0.251 e. The van der Waals surface area contributed by atoms with E-state index in [0.29, 0.717) is 29.8 Å². The van der Waals surface area contributed by atoms with Gasteiger partial charge in [-0.05, 0) is 107 Å². The van der Waals surface area contributed by atoms with E-state index in [1.165, 1.54) is 11.1 Å². The standard InChI is InChI=1S/C34H45N5O2/c1-23(2)37-33(40)29-20-24(3)31(25(4)21-29)34(41)36-17-13-26(5)39-18-14-30(15-19-39)38-32(27-10-7-6-8-11-27)28-12-9-16-35-22-28/h6-12,16,20-23,26,30,32,38H,13-15,17-19H2,1-5H3,(H,36,41)(H,37,40)/t26-,32?/m1/s1. The van der Waals surface area contributed by atoms with Crippen LogP contribution in [0.4, 0.5) is 0 Å². The fourth-order valence-corrected chi connectivity index (χ4v) is 5.78. The van der Waals surface area contributed by atoms with Gasteiger partial charge in [0, 0.05) is 48.2 Å². The number of pyridine rings is 1. The van der Waals surface area contributed by atoms with Gasteiger partial charge in [-0.2, -0.15) is 0 Å². The summed E-state index contributed by atoms with van der Waals surface area (Å²) in [5.74, 6) is -0.188. The number of piperidine rings is 1. The predicted octanol–water partition coefficient (Wildman–Crippen LogP) is 5.19. The molecule has 218 valence electrons. The van der Waals surface area contributed by atoms with E-state index in [1.54, 1.807) is 12.1 Å². The first kappa shape index (κ1) is 30.4. The lowest BCUT2D eigenvalue weighted by Crippen LogP contribution is -2.47. The van der Waals surface area contributed by atoms with Crippen molar-refractivity contribution in [2.24, 2.45) is 0 Å². The molecule has 0 aliphatic carbocycles. The van der Waals surface area contributed by atoms with Crippen molar-refractivity contribution in [3.63, 3.8) is 0 Å². The fraction of sp³-hybridized carbons (Fsp3) is 0.441. The minimum atomic E-state index is -0.112. The normalized spacial score (nSPS) is 15.9. The number of benzene rings is 2. The van der Waals surface area contributed by atoms with E-state index in [1.807, 2.05) is 46.2 Å². The number of amides is 2. The maximum absolute atomic E-state index is 13.0. The molecule has 2 aromatic carbocycles. The minimum Gasteiger partial charge on any atom is -0.352 e. The molecule has 1 fully saturated rings. The van der Waals surface area contributed by atoms with Crippen LogP contribution in [0.3, 0.4) is 0 Å². The lowest BCUT2D eigenvalue weighted by atomic mass is 9.96. The van der Waals surface area contributed by atoms with Gasteiger partial charge in [-0.3, -0.25) is 14.6 Å². The van der Waals surface area contributed by atoms with Crippen LogP contribution in [0.2, 0.25) is 0 Å². The number of hydrogen-bond acceptors (Lipinski definition) is 5. The van der Waals surface area contributed by atoms with Gasteiger partial charge in [-0.25, -0.2) is 0 Å². The van der Waals surface area contributed by atoms with Crippen LogP contribution in [0.25, 0.3) is 0 Å². The van der Waals surface area contributed by atoms with E-state index in [-0.39, 0.29) is 23.9 Å². The Morgan fingerprint density at radius 3 is 2.20 bits per heavy atom. The topological polar surface area (TPSA) is 86.4 Å². The molecule has 41 heavy (non-hydrogen) atoms. The number of hydrogen-bond donors (Lipinski definition) is 3. The van der Waals surface area contributed by atoms with Crippen molar-refractivity contribution in [3.05, 3.63) is 100 Å². The zero-order chi connectivity index (χ0) is 29.4. The number of nitrogens with zero attached hydrogens (tertiary/aromatic N) is 2. The van der Waals surface area contributed by atoms with Crippen LogP contribution in [0.15, 0.2) is 67.0 Å². The molecule has 1 unspecified atom stereocenters. The molecule has 3 aromatic rings. The largest absolute Gasteiger partial charge is 0.352 e. The second-order valence-electron chi connectivity index (χ2n) is 11.6. The first-order valence-electron chi connectivity index (χ1n) is 14.9. The van der Waals surface area contributed by atoms with Crippen molar-refractivity contribution < 1.29 is 9.59 Å². The second-order valence-corrected chi connectivity index (χ2v) is 11.6. The summed E-state index contributed by atoms with van der Waals surface area (Å²) in [5.41, 5.74) is 5.33. The Bertz CT molecular complexity index is 1220. The molecule has 2 atom stereocenters. The minimum absolute atomic E-state index is 0.0631. The first-order chi connectivity index (χ1) is 19.7. The third kappa shape index (κ3) is 8.24. The van der Waals surface area contributed by atoms with Crippen LogP contribution in [0, 0.1) is 13.8 Å². The number of rotatable bonds is 11. The molecule has 7 heteroatoms. The Morgan fingerprint density at radius 2 is 1.59 bits per heavy atom. The van der Waals surface area contributed by atoms with Crippen LogP contribution < -0.4 is 16.0 Å². The van der Waals surface area contributed by atoms with E-state index < -0.39 is 0 Å². The third-order valence-corrected chi connectivity index (χ3v) is 8.00. The average molecular weight is 556 g/mol. The molecule has 1 saturated heterocycles. The highest BCUT2D eigenvalue weighted by Crippen LogP contribution is 2.25. The maximum Gasteiger partial charge on any atom is 0.251 e. The molecule has 2 amide bonds. The highest BCUT2D eigenvalue weighted by Gasteiger charge is 2.26. The zero-order valence-corrected chi connectivity index (χ0v) is 25.1. The summed E-state index contributed by atoms with van der Waals surface area (Å²) in [5, 5.41) is 9.94. The lowest BCUT2D eigenvalue weighted by Gasteiger charge is -2.38. The fourth-order valence-electron chi connectivity index (χ4n) is 5.78. The summed E-state index contributed by atoms with van der Waals surface area (Å²) in [7, 11) is 0. The van der Waals surface area contributed by atoms with Crippen molar-refractivity contribution in [3.8, 4) is 0 Å². The van der Waals surface area contributed by atoms with Gasteiger partial charge >= 0.3 is 0 Å². The molecule has 0 radical (unpaired) electrons. The summed E-state index contributed by atoms with van der Waals surface area (Å²) in [6.45, 7) is 12.6. The van der Waals surface area contributed by atoms with Gasteiger partial charge in [0.15, 0.2) is 0 Å². The third-order valence-electron chi connectivity index (χ3n) is 8.00. The predicted molar refractivity (Wildman–Crippen MR) is 165 cm³/mol. The molecule has 0 saturated carbocycles. The van der Waals surface area contributed by atoms with E-state index >= 15 is 0 Å². The van der Waals surface area contributed by atoms with Crippen LogP contribution >= 0.6 is 0 Å². The van der Waals surface area contributed by atoms with Crippen molar-refractivity contribution in [1.29, 1.82) is 0 Å². The summed E-state index contributed by atoms with van der Waals surface area (Å²) in [6, 6.07) is 19.3. The first-order valence-corrected chi connectivity index (χ1v) is 14.9. The maximum atomic E-state index is 13.0. The summed E-state index contributed by atoms with van der Waals surface area (Å²) in [4.78, 5) is 32.3. The molecule has 7 nitrogen and oxygen atoms in total. The van der Waals surface area contributed by atoms with Gasteiger partial charge in [0.1, 0.15) is 0 Å². The Kier molecular flexibility index (Phi) is 10.7. The lowest BCUT2D eigenvalue weighted by molar-refractivity contribution is 0.0930. The van der Waals surface area contributed by atoms with Crippen LogP contribution in [0.1, 0.15) is 89.0 Å². The number of carbonyl (C=O) groups excluding carboxylic acids is 2. The quantitative estimate of drug-likeness (QED) is 0.303.